The number of allylic oxidation sites excluding steroid dienone is 3. The SMILES string of the molecule is CC(C)c1ccc(NC(=O)C2CSC34CC=CC=C3N=CCC24)cc1.Cl. The predicted octanol–water partition coefficient (Wildman–Crippen LogP) is 5.21. The van der Waals surface area contributed by atoms with Gasteiger partial charge in [0, 0.05) is 17.7 Å². The summed E-state index contributed by atoms with van der Waals surface area (Å²) in [6.45, 7) is 4.36. The molecule has 3 aliphatic rings. The number of carbonyl (C=O) groups excluding carboxylic acids is 1. The molecule has 1 aromatic rings. The molecule has 3 nitrogen and oxygen atoms in total. The largest absolute Gasteiger partial charge is 0.326 e. The van der Waals surface area contributed by atoms with Gasteiger partial charge < -0.3 is 5.32 Å². The highest BCUT2D eigenvalue weighted by Crippen LogP contribution is 2.57. The highest BCUT2D eigenvalue weighted by atomic mass is 35.5. The molecule has 2 heterocycles. The summed E-state index contributed by atoms with van der Waals surface area (Å²) in [6, 6.07) is 8.24. The van der Waals surface area contributed by atoms with Crippen molar-refractivity contribution in [3.05, 3.63) is 53.8 Å². The van der Waals surface area contributed by atoms with Gasteiger partial charge in [0.1, 0.15) is 0 Å². The van der Waals surface area contributed by atoms with Gasteiger partial charge in [0.25, 0.3) is 0 Å². The molecule has 0 aromatic heterocycles. The summed E-state index contributed by atoms with van der Waals surface area (Å²) in [7, 11) is 0. The van der Waals surface area contributed by atoms with Crippen molar-refractivity contribution in [2.45, 2.75) is 37.4 Å². The number of thioether (sulfide) groups is 1. The summed E-state index contributed by atoms with van der Waals surface area (Å²) >= 11 is 1.92. The molecule has 1 saturated heterocycles. The Hall–Kier alpha value is -1.52. The van der Waals surface area contributed by atoms with Crippen LogP contribution in [0.1, 0.15) is 38.2 Å². The average molecular weight is 389 g/mol. The summed E-state index contributed by atoms with van der Waals surface area (Å²) in [5.41, 5.74) is 3.33. The molecular weight excluding hydrogens is 364 g/mol. The van der Waals surface area contributed by atoms with E-state index in [1.165, 1.54) is 5.56 Å². The van der Waals surface area contributed by atoms with Crippen LogP contribution in [0.25, 0.3) is 0 Å². The van der Waals surface area contributed by atoms with Crippen LogP contribution in [0.3, 0.4) is 0 Å². The fourth-order valence-electron chi connectivity index (χ4n) is 4.13. The van der Waals surface area contributed by atoms with E-state index in [1.807, 2.05) is 30.1 Å². The first-order valence-corrected chi connectivity index (χ1v) is 10.0. The van der Waals surface area contributed by atoms with E-state index in [4.69, 9.17) is 0 Å². The zero-order valence-electron chi connectivity index (χ0n) is 15.1. The van der Waals surface area contributed by atoms with Gasteiger partial charge in [-0.25, -0.2) is 0 Å². The summed E-state index contributed by atoms with van der Waals surface area (Å²) in [4.78, 5) is 17.6. The van der Waals surface area contributed by atoms with Crippen molar-refractivity contribution in [3.8, 4) is 0 Å². The van der Waals surface area contributed by atoms with Gasteiger partial charge in [-0.2, -0.15) is 0 Å². The Morgan fingerprint density at radius 3 is 2.81 bits per heavy atom. The number of nitrogens with one attached hydrogen (secondary N) is 1. The number of anilines is 1. The second-order valence-corrected chi connectivity index (χ2v) is 8.76. The van der Waals surface area contributed by atoms with Crippen molar-refractivity contribution in [1.29, 1.82) is 0 Å². The van der Waals surface area contributed by atoms with Gasteiger partial charge in [-0.1, -0.05) is 38.1 Å². The number of carbonyl (C=O) groups is 1. The Morgan fingerprint density at radius 1 is 1.31 bits per heavy atom. The van der Waals surface area contributed by atoms with Crippen LogP contribution in [-0.2, 0) is 4.79 Å². The number of amides is 1. The minimum absolute atomic E-state index is 0. The zero-order chi connectivity index (χ0) is 17.4. The van der Waals surface area contributed by atoms with Crippen LogP contribution in [0, 0.1) is 11.8 Å². The zero-order valence-corrected chi connectivity index (χ0v) is 16.8. The minimum Gasteiger partial charge on any atom is -0.326 e. The Balaban J connectivity index is 0.00000196. The fourth-order valence-corrected chi connectivity index (χ4v) is 5.94. The number of aliphatic imine (C=N–C) groups is 1. The Labute approximate surface area is 165 Å². The Bertz CT molecular complexity index is 769. The molecular formula is C21H25ClN2OS. The van der Waals surface area contributed by atoms with E-state index in [2.05, 4.69) is 54.5 Å². The maximum Gasteiger partial charge on any atom is 0.228 e. The maximum absolute atomic E-state index is 13.0. The van der Waals surface area contributed by atoms with E-state index in [1.54, 1.807) is 0 Å². The van der Waals surface area contributed by atoms with Gasteiger partial charge in [-0.3, -0.25) is 9.79 Å². The highest BCUT2D eigenvalue weighted by Gasteiger charge is 2.54. The molecule has 138 valence electrons. The number of nitrogens with zero attached hydrogens (tertiary/aromatic N) is 1. The molecule has 1 amide bonds. The molecule has 5 heteroatoms. The number of rotatable bonds is 3. The summed E-state index contributed by atoms with van der Waals surface area (Å²) in [5, 5.41) is 3.14. The lowest BCUT2D eigenvalue weighted by atomic mass is 9.73. The Morgan fingerprint density at radius 2 is 2.08 bits per heavy atom. The van der Waals surface area contributed by atoms with E-state index in [-0.39, 0.29) is 29.0 Å². The van der Waals surface area contributed by atoms with Gasteiger partial charge in [-0.05, 0) is 48.4 Å². The molecule has 0 saturated carbocycles. The van der Waals surface area contributed by atoms with Crippen molar-refractivity contribution in [2.24, 2.45) is 16.8 Å². The lowest BCUT2D eigenvalue weighted by molar-refractivity contribution is -0.120. The molecule has 1 aliphatic carbocycles. The third-order valence-corrected chi connectivity index (χ3v) is 7.34. The number of halogens is 1. The lowest BCUT2D eigenvalue weighted by Gasteiger charge is -2.39. The van der Waals surface area contributed by atoms with Crippen molar-refractivity contribution in [1.82, 2.24) is 0 Å². The molecule has 3 unspecified atom stereocenters. The van der Waals surface area contributed by atoms with Crippen LogP contribution in [0.15, 0.2) is 53.2 Å². The molecule has 1 spiro atoms. The quantitative estimate of drug-likeness (QED) is 0.772. The topological polar surface area (TPSA) is 41.5 Å². The van der Waals surface area contributed by atoms with Crippen LogP contribution >= 0.6 is 24.2 Å². The van der Waals surface area contributed by atoms with E-state index >= 15 is 0 Å². The van der Waals surface area contributed by atoms with Crippen molar-refractivity contribution in [3.63, 3.8) is 0 Å². The first kappa shape index (κ1) is 19.2. The van der Waals surface area contributed by atoms with Crippen LogP contribution in [0.2, 0.25) is 0 Å². The smallest absolute Gasteiger partial charge is 0.228 e. The van der Waals surface area contributed by atoms with Crippen LogP contribution in [0.5, 0.6) is 0 Å². The Kier molecular flexibility index (Phi) is 5.64. The number of hydrogen-bond acceptors (Lipinski definition) is 3. The monoisotopic (exact) mass is 388 g/mol. The second kappa shape index (κ2) is 7.61. The highest BCUT2D eigenvalue weighted by molar-refractivity contribution is 8.01. The maximum atomic E-state index is 13.0. The molecule has 1 N–H and O–H groups in total. The van der Waals surface area contributed by atoms with Crippen molar-refractivity contribution >= 4 is 42.0 Å². The molecule has 26 heavy (non-hydrogen) atoms. The standard InChI is InChI=1S/C21H24N2OS.ClH/c1-14(2)15-6-8-16(9-7-15)23-20(24)17-13-25-21-11-4-3-5-19(21)22-12-10-18(17)21;/h3-9,12,14,17-18H,10-11,13H2,1-2H3,(H,23,24);1H. The molecule has 4 rings (SSSR count). The second-order valence-electron chi connectivity index (χ2n) is 7.41. The molecule has 2 aliphatic heterocycles. The molecule has 1 aromatic carbocycles. The van der Waals surface area contributed by atoms with Crippen LogP contribution in [0.4, 0.5) is 5.69 Å². The van der Waals surface area contributed by atoms with Crippen LogP contribution < -0.4 is 5.32 Å². The molecule has 1 fully saturated rings. The molecule has 3 atom stereocenters. The van der Waals surface area contributed by atoms with Gasteiger partial charge >= 0.3 is 0 Å². The first-order chi connectivity index (χ1) is 12.1. The molecule has 0 radical (unpaired) electrons. The van der Waals surface area contributed by atoms with E-state index in [9.17, 15) is 4.79 Å². The number of benzene rings is 1. The average Bonchev–Trinajstić information content (AvgIpc) is 3.00. The van der Waals surface area contributed by atoms with Crippen molar-refractivity contribution in [2.75, 3.05) is 11.1 Å². The third-order valence-electron chi connectivity index (χ3n) is 5.62. The lowest BCUT2D eigenvalue weighted by Crippen LogP contribution is -2.41. The van der Waals surface area contributed by atoms with Gasteiger partial charge in [0.05, 0.1) is 16.4 Å². The van der Waals surface area contributed by atoms with Gasteiger partial charge in [0.2, 0.25) is 5.91 Å². The summed E-state index contributed by atoms with van der Waals surface area (Å²) in [5.74, 6) is 1.89. The van der Waals surface area contributed by atoms with Gasteiger partial charge in [0.15, 0.2) is 0 Å². The van der Waals surface area contributed by atoms with Crippen molar-refractivity contribution < 1.29 is 4.79 Å². The minimum atomic E-state index is 0. The van der Waals surface area contributed by atoms with Crippen LogP contribution in [-0.4, -0.2) is 22.6 Å². The summed E-state index contributed by atoms with van der Waals surface area (Å²) in [6.07, 6.45) is 10.3. The summed E-state index contributed by atoms with van der Waals surface area (Å²) < 4.78 is 0.00695. The van der Waals surface area contributed by atoms with E-state index in [0.717, 1.165) is 30.0 Å². The third kappa shape index (κ3) is 3.25. The van der Waals surface area contributed by atoms with E-state index < -0.39 is 0 Å². The van der Waals surface area contributed by atoms with E-state index in [0.29, 0.717) is 11.8 Å². The fraction of sp³-hybridized carbons (Fsp3) is 0.429. The van der Waals surface area contributed by atoms with Gasteiger partial charge in [-0.15, -0.1) is 24.2 Å². The molecule has 0 bridgehead atoms. The normalized spacial score (nSPS) is 28.8. The number of hydrogen-bond donors (Lipinski definition) is 1. The first-order valence-electron chi connectivity index (χ1n) is 9.05. The predicted molar refractivity (Wildman–Crippen MR) is 114 cm³/mol.